The number of aromatic nitrogens is 3. The fourth-order valence-electron chi connectivity index (χ4n) is 9.78. The molecule has 0 saturated heterocycles. The molecule has 0 fully saturated rings. The number of hydrogen-bond donors (Lipinski definition) is 1. The number of nitrogens with zero attached hydrogens (tertiary/aromatic N) is 3. The van der Waals surface area contributed by atoms with Crippen molar-refractivity contribution in [1.82, 2.24) is 14.5 Å². The first-order valence-corrected chi connectivity index (χ1v) is 24.1. The van der Waals surface area contributed by atoms with Crippen molar-refractivity contribution in [1.29, 1.82) is 0 Å². The Balaban J connectivity index is 0.00000641. The van der Waals surface area contributed by atoms with Gasteiger partial charge in [-0.25, -0.2) is 4.98 Å². The normalized spacial score (nSPS) is 12.2. The summed E-state index contributed by atoms with van der Waals surface area (Å²) in [6, 6.07) is 73.7. The van der Waals surface area contributed by atoms with E-state index < -0.39 is 6.85 Å². The van der Waals surface area contributed by atoms with Crippen LogP contribution in [0.5, 0.6) is 5.75 Å². The summed E-state index contributed by atoms with van der Waals surface area (Å²) in [5.41, 5.74) is 18.3. The van der Waals surface area contributed by atoms with E-state index in [1.807, 2.05) is 111 Å². The number of aromatic hydroxyl groups is 1. The molecule has 0 spiro atoms. The standard InChI is InChI=1S/C67H54N3O.Pt/c1-43-35-45(3)65(71)60(36-43)66-69-64-57(23-16-24-62(64)70(66)63-42-58(50-21-14-9-15-22-50)44(2)37-59(63)51-29-31-56(32-30-51)67(4,5)6)54-38-53(47-19-12-8-13-20-47)39-55(40-54)61-41-52(33-34-68-61)49-27-25-48(26-28-49)46-17-10-7-11-18-46;/h7-39,41-42,71H,1-6H3;/q-1;/i2D3;. The van der Waals surface area contributed by atoms with Crippen LogP contribution >= 0.6 is 0 Å². The Morgan fingerprint density at radius 2 is 1.08 bits per heavy atom. The summed E-state index contributed by atoms with van der Waals surface area (Å²) >= 11 is 0. The van der Waals surface area contributed by atoms with Gasteiger partial charge in [-0.2, -0.15) is 0 Å². The molecule has 4 nitrogen and oxygen atoms in total. The fraction of sp³-hybridized carbons (Fsp3) is 0.104. The Morgan fingerprint density at radius 3 is 1.74 bits per heavy atom. The minimum atomic E-state index is -2.44. The second-order valence-electron chi connectivity index (χ2n) is 19.5. The topological polar surface area (TPSA) is 50.9 Å². The van der Waals surface area contributed by atoms with Crippen molar-refractivity contribution in [3.8, 4) is 101 Å². The largest absolute Gasteiger partial charge is 0.507 e. The Bertz CT molecular complexity index is 3860. The monoisotopic (exact) mass is 1110 g/mol. The molecule has 0 atom stereocenters. The zero-order valence-electron chi connectivity index (χ0n) is 43.8. The van der Waals surface area contributed by atoms with Crippen molar-refractivity contribution in [2.45, 2.75) is 46.9 Å². The zero-order valence-corrected chi connectivity index (χ0v) is 43.1. The van der Waals surface area contributed by atoms with Gasteiger partial charge in [-0.15, -0.1) is 23.8 Å². The molecule has 0 aliphatic rings. The molecule has 0 aliphatic heterocycles. The molecule has 0 bridgehead atoms. The number of phenols is 1. The maximum absolute atomic E-state index is 12.1. The van der Waals surface area contributed by atoms with Gasteiger partial charge in [0.25, 0.3) is 0 Å². The van der Waals surface area contributed by atoms with Crippen LogP contribution in [0, 0.1) is 26.8 Å². The summed E-state index contributed by atoms with van der Waals surface area (Å²) in [6.45, 7) is 8.02. The second kappa shape index (κ2) is 19.7. The third-order valence-electron chi connectivity index (χ3n) is 13.5. The molecule has 0 saturated carbocycles. The van der Waals surface area contributed by atoms with E-state index in [1.54, 1.807) is 0 Å². The number of rotatable bonds is 9. The molecule has 2 aromatic heterocycles. The molecule has 5 heteroatoms. The van der Waals surface area contributed by atoms with Gasteiger partial charge in [-0.05, 0) is 123 Å². The average Bonchev–Trinajstić information content (AvgIpc) is 3.81. The SMILES string of the molecule is [2H]C([2H])([2H])c1cc(-c2ccc(C(C)(C)C)cc2)c(-n2c(-c3cc(C)cc(C)c3O)nc3c(-c4[c-]c(-c5cc(-c6ccc(-c7ccccc7)cc6)ccn5)cc(-c5ccccc5)c4)cccc32)cc1-c1ccccc1.[Pt]. The van der Waals surface area contributed by atoms with E-state index >= 15 is 0 Å². The molecule has 0 radical (unpaired) electrons. The van der Waals surface area contributed by atoms with Crippen molar-refractivity contribution < 1.29 is 30.3 Å². The Hall–Kier alpha value is -7.91. The predicted molar refractivity (Wildman–Crippen MR) is 296 cm³/mol. The van der Waals surface area contributed by atoms with Crippen molar-refractivity contribution in [2.24, 2.45) is 0 Å². The fourth-order valence-corrected chi connectivity index (χ4v) is 9.78. The Kier molecular flexibility index (Phi) is 12.1. The summed E-state index contributed by atoms with van der Waals surface area (Å²) in [6.07, 6.45) is 1.86. The number of para-hydroxylation sites is 1. The minimum Gasteiger partial charge on any atom is -0.507 e. The van der Waals surface area contributed by atoms with Gasteiger partial charge in [0.05, 0.1) is 22.3 Å². The van der Waals surface area contributed by atoms with Gasteiger partial charge in [-0.1, -0.05) is 201 Å². The minimum absolute atomic E-state index is 0. The quantitative estimate of drug-likeness (QED) is 0.147. The van der Waals surface area contributed by atoms with Crippen LogP contribution in [0.4, 0.5) is 0 Å². The van der Waals surface area contributed by atoms with Crippen molar-refractivity contribution >= 4 is 11.0 Å². The van der Waals surface area contributed by atoms with Crippen molar-refractivity contribution in [3.05, 3.63) is 241 Å². The predicted octanol–water partition coefficient (Wildman–Crippen LogP) is 17.5. The van der Waals surface area contributed by atoms with E-state index in [9.17, 15) is 5.11 Å². The van der Waals surface area contributed by atoms with Gasteiger partial charge in [0.15, 0.2) is 0 Å². The summed E-state index contributed by atoms with van der Waals surface area (Å²) in [4.78, 5) is 10.5. The summed E-state index contributed by atoms with van der Waals surface area (Å²) in [7, 11) is 0. The van der Waals surface area contributed by atoms with Gasteiger partial charge in [0, 0.05) is 42.6 Å². The van der Waals surface area contributed by atoms with Crippen LogP contribution in [-0.4, -0.2) is 19.6 Å². The van der Waals surface area contributed by atoms with E-state index in [2.05, 4.69) is 147 Å². The van der Waals surface area contributed by atoms with E-state index in [0.717, 1.165) is 83.5 Å². The number of phenolic OH excluding ortho intramolecular Hbond substituents is 1. The third-order valence-corrected chi connectivity index (χ3v) is 13.5. The van der Waals surface area contributed by atoms with Gasteiger partial charge in [0.1, 0.15) is 11.6 Å². The first kappa shape index (κ1) is 44.1. The van der Waals surface area contributed by atoms with Gasteiger partial charge in [-0.3, -0.25) is 9.55 Å². The van der Waals surface area contributed by atoms with Gasteiger partial charge < -0.3 is 5.11 Å². The van der Waals surface area contributed by atoms with Crippen LogP contribution in [-0.2, 0) is 26.5 Å². The molecule has 0 aliphatic carbocycles. The summed E-state index contributed by atoms with van der Waals surface area (Å²) < 4.78 is 28.8. The maximum Gasteiger partial charge on any atom is 0.148 e. The van der Waals surface area contributed by atoms with Crippen LogP contribution in [0.1, 0.15) is 47.1 Å². The molecule has 0 amide bonds. The van der Waals surface area contributed by atoms with E-state index in [4.69, 9.17) is 14.1 Å². The Morgan fingerprint density at radius 1 is 0.500 bits per heavy atom. The van der Waals surface area contributed by atoms with Crippen LogP contribution < -0.4 is 0 Å². The van der Waals surface area contributed by atoms with Gasteiger partial charge in [0.2, 0.25) is 0 Å². The molecule has 11 rings (SSSR count). The number of pyridine rings is 1. The molecular formula is C67H54N3OPt-. The molecule has 354 valence electrons. The average molecular weight is 1120 g/mol. The third kappa shape index (κ3) is 9.27. The molecule has 0 unspecified atom stereocenters. The summed E-state index contributed by atoms with van der Waals surface area (Å²) in [5.74, 6) is 0.629. The molecule has 9 aromatic carbocycles. The van der Waals surface area contributed by atoms with E-state index in [0.29, 0.717) is 33.7 Å². The van der Waals surface area contributed by atoms with Crippen LogP contribution in [0.3, 0.4) is 0 Å². The summed E-state index contributed by atoms with van der Waals surface area (Å²) in [5, 5.41) is 12.1. The molecule has 2 heterocycles. The molecule has 11 aromatic rings. The maximum atomic E-state index is 12.1. The Labute approximate surface area is 441 Å². The number of aryl methyl sites for hydroxylation is 3. The molecule has 72 heavy (non-hydrogen) atoms. The smallest absolute Gasteiger partial charge is 0.148 e. The van der Waals surface area contributed by atoms with E-state index in [1.165, 1.54) is 5.56 Å². The molecular weight excluding hydrogens is 1060 g/mol. The number of imidazole rings is 1. The molecule has 1 N–H and O–H groups in total. The van der Waals surface area contributed by atoms with Crippen LogP contribution in [0.15, 0.2) is 212 Å². The number of hydrogen-bond acceptors (Lipinski definition) is 3. The second-order valence-corrected chi connectivity index (χ2v) is 19.5. The first-order valence-electron chi connectivity index (χ1n) is 25.6. The first-order chi connectivity index (χ1) is 35.7. The number of benzene rings is 9. The zero-order chi connectivity index (χ0) is 51.3. The van der Waals surface area contributed by atoms with Gasteiger partial charge >= 0.3 is 0 Å². The van der Waals surface area contributed by atoms with Crippen molar-refractivity contribution in [2.75, 3.05) is 0 Å². The number of fused-ring (bicyclic) bond motifs is 1. The van der Waals surface area contributed by atoms with Crippen LogP contribution in [0.2, 0.25) is 0 Å². The van der Waals surface area contributed by atoms with Crippen molar-refractivity contribution in [3.63, 3.8) is 0 Å². The van der Waals surface area contributed by atoms with E-state index in [-0.39, 0.29) is 37.8 Å². The van der Waals surface area contributed by atoms with Crippen LogP contribution in [0.25, 0.3) is 106 Å².